The Bertz CT molecular complexity index is 1160. The molecule has 0 aliphatic carbocycles. The van der Waals surface area contributed by atoms with Gasteiger partial charge in [0.05, 0.1) is 0 Å². The Balaban J connectivity index is 2.46. The first kappa shape index (κ1) is 33.1. The van der Waals surface area contributed by atoms with Gasteiger partial charge in [-0.2, -0.15) is 0 Å². The molecule has 2 rings (SSSR count). The highest BCUT2D eigenvalue weighted by molar-refractivity contribution is 5.81. The van der Waals surface area contributed by atoms with Crippen LogP contribution in [0.2, 0.25) is 0 Å². The van der Waals surface area contributed by atoms with Crippen LogP contribution in [0.3, 0.4) is 0 Å². The van der Waals surface area contributed by atoms with Gasteiger partial charge in [-0.25, -0.2) is 9.59 Å². The monoisotopic (exact) mass is 564 g/mol. The van der Waals surface area contributed by atoms with Gasteiger partial charge in [0, 0.05) is 17.6 Å². The van der Waals surface area contributed by atoms with E-state index in [-0.39, 0.29) is 0 Å². The zero-order valence-corrected chi connectivity index (χ0v) is 24.2. The fourth-order valence-electron chi connectivity index (χ4n) is 3.98. The van der Waals surface area contributed by atoms with Gasteiger partial charge in [0.1, 0.15) is 23.7 Å². The number of esters is 2. The summed E-state index contributed by atoms with van der Waals surface area (Å²) in [5.41, 5.74) is 3.04. The Kier molecular flexibility index (Phi) is 12.1. The van der Waals surface area contributed by atoms with Crippen molar-refractivity contribution in [3.8, 4) is 11.5 Å². The van der Waals surface area contributed by atoms with Crippen molar-refractivity contribution in [1.82, 2.24) is 0 Å². The minimum absolute atomic E-state index is 0.446. The van der Waals surface area contributed by atoms with E-state index >= 15 is 0 Å². The predicted octanol–water partition coefficient (Wildman–Crippen LogP) is 5.10. The fourth-order valence-corrected chi connectivity index (χ4v) is 3.98. The number of carbonyl (C=O) groups is 2. The quantitative estimate of drug-likeness (QED) is 0.125. The Morgan fingerprint density at radius 1 is 0.756 bits per heavy atom. The summed E-state index contributed by atoms with van der Waals surface area (Å²) < 4.78 is 22.1. The van der Waals surface area contributed by atoms with Crippen molar-refractivity contribution < 1.29 is 38.7 Å². The van der Waals surface area contributed by atoms with E-state index in [1.807, 2.05) is 24.3 Å². The molecule has 2 aromatic rings. The lowest BCUT2D eigenvalue weighted by Gasteiger charge is -2.29. The first-order valence-electron chi connectivity index (χ1n) is 13.2. The molecule has 4 unspecified atom stereocenters. The van der Waals surface area contributed by atoms with Crippen LogP contribution in [0.4, 0.5) is 0 Å². The summed E-state index contributed by atoms with van der Waals surface area (Å²) in [5, 5.41) is 20.2. The lowest BCUT2D eigenvalue weighted by molar-refractivity contribution is -0.172. The molecule has 2 aromatic carbocycles. The number of hydrogen-bond acceptors (Lipinski definition) is 8. The summed E-state index contributed by atoms with van der Waals surface area (Å²) in [7, 11) is 0. The maximum atomic E-state index is 11.7. The number of aliphatic hydroxyl groups is 2. The van der Waals surface area contributed by atoms with Crippen LogP contribution < -0.4 is 9.47 Å². The molecule has 0 spiro atoms. The van der Waals surface area contributed by atoms with Crippen LogP contribution in [-0.2, 0) is 37.3 Å². The van der Waals surface area contributed by atoms with E-state index in [2.05, 4.69) is 40.2 Å². The third kappa shape index (κ3) is 8.93. The molecular formula is C33H40O8. The summed E-state index contributed by atoms with van der Waals surface area (Å²) in [4.78, 5) is 23.4. The van der Waals surface area contributed by atoms with Crippen LogP contribution >= 0.6 is 0 Å². The van der Waals surface area contributed by atoms with Gasteiger partial charge in [-0.3, -0.25) is 0 Å². The average molecular weight is 565 g/mol. The van der Waals surface area contributed by atoms with Crippen LogP contribution in [-0.4, -0.2) is 46.9 Å². The summed E-state index contributed by atoms with van der Waals surface area (Å²) in [6, 6.07) is 11.3. The van der Waals surface area contributed by atoms with Crippen molar-refractivity contribution in [2.24, 2.45) is 0 Å². The topological polar surface area (TPSA) is 112 Å². The highest BCUT2D eigenvalue weighted by Gasteiger charge is 2.28. The molecule has 8 heteroatoms. The molecule has 41 heavy (non-hydrogen) atoms. The minimum Gasteiger partial charge on any atom is -0.452 e. The normalized spacial score (nSPS) is 14.0. The first-order chi connectivity index (χ1) is 19.4. The second-order valence-corrected chi connectivity index (χ2v) is 9.99. The molecule has 8 nitrogen and oxygen atoms in total. The van der Waals surface area contributed by atoms with E-state index in [9.17, 15) is 19.8 Å². The summed E-state index contributed by atoms with van der Waals surface area (Å²) in [5.74, 6) is -0.524. The molecule has 2 N–H and O–H groups in total. The Labute approximate surface area is 242 Å². The SMILES string of the molecule is C=CCc1cc(C(C)(C)c2ccc(OC(OC(=O)C=C)C(C)O)c(CC=C)c2)ccc1OC(OC(=O)C=C)C(C)O. The fraction of sp³-hybridized carbons (Fsp3) is 0.333. The predicted molar refractivity (Wildman–Crippen MR) is 158 cm³/mol. The molecule has 0 fully saturated rings. The van der Waals surface area contributed by atoms with Gasteiger partial charge < -0.3 is 29.2 Å². The summed E-state index contributed by atoms with van der Waals surface area (Å²) >= 11 is 0. The van der Waals surface area contributed by atoms with Crippen molar-refractivity contribution in [3.05, 3.63) is 109 Å². The first-order valence-corrected chi connectivity index (χ1v) is 13.2. The largest absolute Gasteiger partial charge is 0.452 e. The van der Waals surface area contributed by atoms with E-state index in [1.165, 1.54) is 13.8 Å². The second kappa shape index (κ2) is 15.0. The maximum absolute atomic E-state index is 11.7. The van der Waals surface area contributed by atoms with Crippen LogP contribution in [0.5, 0.6) is 11.5 Å². The maximum Gasteiger partial charge on any atom is 0.333 e. The van der Waals surface area contributed by atoms with Crippen molar-refractivity contribution in [2.45, 2.75) is 70.7 Å². The molecule has 0 saturated heterocycles. The average Bonchev–Trinajstić information content (AvgIpc) is 2.93. The molecule has 0 aliphatic heterocycles. The van der Waals surface area contributed by atoms with Gasteiger partial charge in [-0.15, -0.1) is 13.2 Å². The van der Waals surface area contributed by atoms with Gasteiger partial charge in [0.15, 0.2) is 0 Å². The van der Waals surface area contributed by atoms with E-state index in [4.69, 9.17) is 18.9 Å². The van der Waals surface area contributed by atoms with Crippen LogP contribution in [0, 0.1) is 0 Å². The van der Waals surface area contributed by atoms with E-state index in [0.29, 0.717) is 24.3 Å². The minimum atomic E-state index is -1.21. The number of allylic oxidation sites excluding steroid dienone is 2. The van der Waals surface area contributed by atoms with E-state index in [0.717, 1.165) is 34.4 Å². The van der Waals surface area contributed by atoms with Crippen molar-refractivity contribution in [2.75, 3.05) is 0 Å². The lowest BCUT2D eigenvalue weighted by atomic mass is 9.76. The highest BCUT2D eigenvalue weighted by atomic mass is 16.7. The van der Waals surface area contributed by atoms with Crippen molar-refractivity contribution in [3.63, 3.8) is 0 Å². The number of aliphatic hydroxyl groups excluding tert-OH is 2. The second-order valence-electron chi connectivity index (χ2n) is 9.99. The molecule has 4 atom stereocenters. The van der Waals surface area contributed by atoms with Gasteiger partial charge >= 0.3 is 11.9 Å². The van der Waals surface area contributed by atoms with Crippen LogP contribution in [0.1, 0.15) is 49.9 Å². The van der Waals surface area contributed by atoms with Gasteiger partial charge in [-0.05, 0) is 61.1 Å². The molecule has 0 aliphatic rings. The molecule has 0 aromatic heterocycles. The summed E-state index contributed by atoms with van der Waals surface area (Å²) in [6.45, 7) is 21.5. The third-order valence-electron chi connectivity index (χ3n) is 6.36. The number of benzene rings is 2. The zero-order valence-electron chi connectivity index (χ0n) is 24.2. The Morgan fingerprint density at radius 2 is 1.12 bits per heavy atom. The van der Waals surface area contributed by atoms with Gasteiger partial charge in [-0.1, -0.05) is 63.4 Å². The molecule has 0 bridgehead atoms. The number of carbonyl (C=O) groups excluding carboxylic acids is 2. The van der Waals surface area contributed by atoms with Gasteiger partial charge in [0.25, 0.3) is 12.6 Å². The molecule has 0 radical (unpaired) electrons. The number of rotatable bonds is 16. The molecular weight excluding hydrogens is 524 g/mol. The van der Waals surface area contributed by atoms with E-state index < -0.39 is 42.1 Å². The molecule has 0 amide bonds. The third-order valence-corrected chi connectivity index (χ3v) is 6.36. The molecule has 0 saturated carbocycles. The zero-order chi connectivity index (χ0) is 30.7. The Morgan fingerprint density at radius 3 is 1.41 bits per heavy atom. The lowest BCUT2D eigenvalue weighted by Crippen LogP contribution is -2.34. The molecule has 220 valence electrons. The number of ether oxygens (including phenoxy) is 4. The van der Waals surface area contributed by atoms with Crippen molar-refractivity contribution in [1.29, 1.82) is 0 Å². The standard InChI is InChI=1S/C33H40O8/c1-9-13-23-19-25(15-17-27(23)38-31(21(5)34)40-29(36)11-3)33(7,8)26-16-18-28(24(20-26)14-10-2)39-32(22(6)35)41-30(37)12-4/h9-12,15-22,31-32,34-35H,1-4,13-14H2,5-8H3. The number of hydrogen-bond donors (Lipinski definition) is 2. The Hall–Kier alpha value is -4.14. The highest BCUT2D eigenvalue weighted by Crippen LogP contribution is 2.37. The molecule has 0 heterocycles. The summed E-state index contributed by atoms with van der Waals surface area (Å²) in [6.07, 6.45) is 1.83. The van der Waals surface area contributed by atoms with Crippen LogP contribution in [0.15, 0.2) is 87.0 Å². The smallest absolute Gasteiger partial charge is 0.333 e. The van der Waals surface area contributed by atoms with Gasteiger partial charge in [0.2, 0.25) is 0 Å². The van der Waals surface area contributed by atoms with E-state index in [1.54, 1.807) is 24.3 Å². The van der Waals surface area contributed by atoms with Crippen LogP contribution in [0.25, 0.3) is 0 Å². The van der Waals surface area contributed by atoms with Crippen molar-refractivity contribution >= 4 is 11.9 Å².